The van der Waals surface area contributed by atoms with Gasteiger partial charge in [0.15, 0.2) is 5.65 Å². The third kappa shape index (κ3) is 6.16. The maximum absolute atomic E-state index is 14.8. The van der Waals surface area contributed by atoms with Crippen LogP contribution in [0.2, 0.25) is 0 Å². The lowest BCUT2D eigenvalue weighted by atomic mass is 9.98. The molecule has 5 heterocycles. The predicted molar refractivity (Wildman–Crippen MR) is 166 cm³/mol. The molecule has 1 aliphatic rings. The molecule has 0 spiro atoms. The van der Waals surface area contributed by atoms with E-state index in [1.807, 2.05) is 70.4 Å². The Morgan fingerprint density at radius 2 is 1.65 bits per heavy atom. The maximum Gasteiger partial charge on any atom is 0.410 e. The first kappa shape index (κ1) is 28.2. The quantitative estimate of drug-likeness (QED) is 0.229. The van der Waals surface area contributed by atoms with Gasteiger partial charge in [-0.3, -0.25) is 4.98 Å². The van der Waals surface area contributed by atoms with Crippen molar-refractivity contribution in [3.05, 3.63) is 90.8 Å². The van der Waals surface area contributed by atoms with Crippen LogP contribution in [0.25, 0.3) is 44.5 Å². The van der Waals surface area contributed by atoms with Crippen LogP contribution < -0.4 is 4.90 Å². The molecule has 6 rings (SSSR count). The molecule has 0 unspecified atom stereocenters. The molecule has 9 heteroatoms. The minimum atomic E-state index is -0.514. The standard InChI is InChI=1S/C34H33FN6O2/c1-22-7-9-29(35)28(16-22)30-18-27(26-6-5-11-37-32(26)39-30)25-17-24(19-36-20-25)23-8-10-31(38-21-23)40-12-14-41(15-13-40)33(42)43-34(2,3)4/h5-11,16-21H,12-15H2,1-4H3. The van der Waals surface area contributed by atoms with E-state index in [-0.39, 0.29) is 11.9 Å². The minimum absolute atomic E-state index is 0.281. The molecule has 0 radical (unpaired) electrons. The average Bonchev–Trinajstić information content (AvgIpc) is 3.01. The Kier molecular flexibility index (Phi) is 7.48. The van der Waals surface area contributed by atoms with Crippen molar-refractivity contribution in [2.75, 3.05) is 31.1 Å². The first-order valence-corrected chi connectivity index (χ1v) is 14.3. The summed E-state index contributed by atoms with van der Waals surface area (Å²) >= 11 is 0. The van der Waals surface area contributed by atoms with Crippen molar-refractivity contribution in [3.8, 4) is 33.5 Å². The Morgan fingerprint density at radius 3 is 2.40 bits per heavy atom. The van der Waals surface area contributed by atoms with Gasteiger partial charge in [0.25, 0.3) is 0 Å². The molecule has 1 saturated heterocycles. The van der Waals surface area contributed by atoms with Crippen molar-refractivity contribution in [2.45, 2.75) is 33.3 Å². The lowest BCUT2D eigenvalue weighted by molar-refractivity contribution is 0.0240. The van der Waals surface area contributed by atoms with Gasteiger partial charge < -0.3 is 14.5 Å². The molecule has 0 bridgehead atoms. The van der Waals surface area contributed by atoms with Crippen LogP contribution in [0.1, 0.15) is 26.3 Å². The second-order valence-electron chi connectivity index (χ2n) is 11.7. The highest BCUT2D eigenvalue weighted by atomic mass is 19.1. The Bertz CT molecular complexity index is 1790. The fraction of sp³-hybridized carbons (Fsp3) is 0.265. The number of halogens is 1. The van der Waals surface area contributed by atoms with E-state index in [1.54, 1.807) is 29.4 Å². The van der Waals surface area contributed by atoms with Crippen molar-refractivity contribution >= 4 is 22.9 Å². The highest BCUT2D eigenvalue weighted by molar-refractivity contribution is 5.95. The highest BCUT2D eigenvalue weighted by Crippen LogP contribution is 2.34. The number of anilines is 1. The van der Waals surface area contributed by atoms with Gasteiger partial charge in [-0.1, -0.05) is 11.6 Å². The van der Waals surface area contributed by atoms with E-state index >= 15 is 0 Å². The van der Waals surface area contributed by atoms with Crippen LogP contribution in [-0.4, -0.2) is 62.7 Å². The lowest BCUT2D eigenvalue weighted by Crippen LogP contribution is -2.50. The number of aryl methyl sites for hydroxylation is 1. The molecule has 4 aromatic heterocycles. The number of rotatable bonds is 4. The summed E-state index contributed by atoms with van der Waals surface area (Å²) in [6, 6.07) is 16.8. The minimum Gasteiger partial charge on any atom is -0.444 e. The van der Waals surface area contributed by atoms with Crippen LogP contribution >= 0.6 is 0 Å². The smallest absolute Gasteiger partial charge is 0.410 e. The van der Waals surface area contributed by atoms with Crippen molar-refractivity contribution in [1.29, 1.82) is 0 Å². The van der Waals surface area contributed by atoms with E-state index < -0.39 is 5.60 Å². The summed E-state index contributed by atoms with van der Waals surface area (Å²) in [5.41, 5.74) is 5.50. The fourth-order valence-electron chi connectivity index (χ4n) is 5.20. The van der Waals surface area contributed by atoms with Crippen LogP contribution in [0.15, 0.2) is 79.4 Å². The molecule has 0 saturated carbocycles. The monoisotopic (exact) mass is 576 g/mol. The van der Waals surface area contributed by atoms with Crippen LogP contribution in [0.3, 0.4) is 0 Å². The molecule has 1 amide bonds. The van der Waals surface area contributed by atoms with Crippen LogP contribution in [0, 0.1) is 12.7 Å². The molecule has 0 N–H and O–H groups in total. The third-order valence-electron chi connectivity index (χ3n) is 7.37. The number of fused-ring (bicyclic) bond motifs is 1. The predicted octanol–water partition coefficient (Wildman–Crippen LogP) is 6.93. The summed E-state index contributed by atoms with van der Waals surface area (Å²) in [5.74, 6) is 0.524. The number of hydrogen-bond acceptors (Lipinski definition) is 7. The molecular formula is C34H33FN6O2. The first-order valence-electron chi connectivity index (χ1n) is 14.3. The topological polar surface area (TPSA) is 84.3 Å². The van der Waals surface area contributed by atoms with Gasteiger partial charge >= 0.3 is 6.09 Å². The molecular weight excluding hydrogens is 543 g/mol. The molecule has 8 nitrogen and oxygen atoms in total. The number of piperazine rings is 1. The Balaban J connectivity index is 1.25. The molecule has 0 aliphatic carbocycles. The number of ether oxygens (including phenoxy) is 1. The first-order chi connectivity index (χ1) is 20.6. The van der Waals surface area contributed by atoms with Crippen LogP contribution in [-0.2, 0) is 4.74 Å². The fourth-order valence-corrected chi connectivity index (χ4v) is 5.20. The summed E-state index contributed by atoms with van der Waals surface area (Å²) in [4.78, 5) is 34.8. The molecule has 1 fully saturated rings. The zero-order chi connectivity index (χ0) is 30.1. The number of hydrogen-bond donors (Lipinski definition) is 0. The molecule has 218 valence electrons. The average molecular weight is 577 g/mol. The number of carbonyl (C=O) groups excluding carboxylic acids is 1. The van der Waals surface area contributed by atoms with E-state index in [0.29, 0.717) is 43.1 Å². The number of aromatic nitrogens is 4. The van der Waals surface area contributed by atoms with E-state index in [2.05, 4.69) is 25.9 Å². The Morgan fingerprint density at radius 1 is 0.860 bits per heavy atom. The van der Waals surface area contributed by atoms with Gasteiger partial charge in [-0.2, -0.15) is 0 Å². The number of pyridine rings is 4. The second-order valence-corrected chi connectivity index (χ2v) is 11.7. The number of amides is 1. The largest absolute Gasteiger partial charge is 0.444 e. The zero-order valence-corrected chi connectivity index (χ0v) is 24.7. The molecule has 43 heavy (non-hydrogen) atoms. The molecule has 0 atom stereocenters. The summed E-state index contributed by atoms with van der Waals surface area (Å²) in [7, 11) is 0. The lowest BCUT2D eigenvalue weighted by Gasteiger charge is -2.36. The molecule has 5 aromatic rings. The summed E-state index contributed by atoms with van der Waals surface area (Å²) < 4.78 is 20.4. The van der Waals surface area contributed by atoms with E-state index in [9.17, 15) is 9.18 Å². The summed E-state index contributed by atoms with van der Waals surface area (Å²) in [5, 5.41) is 0.859. The maximum atomic E-state index is 14.8. The number of nitrogens with zero attached hydrogens (tertiary/aromatic N) is 6. The zero-order valence-electron chi connectivity index (χ0n) is 24.7. The third-order valence-corrected chi connectivity index (χ3v) is 7.37. The van der Waals surface area contributed by atoms with Crippen molar-refractivity contribution < 1.29 is 13.9 Å². The van der Waals surface area contributed by atoms with Gasteiger partial charge in [0.1, 0.15) is 17.2 Å². The molecule has 1 aliphatic heterocycles. The summed E-state index contributed by atoms with van der Waals surface area (Å²) in [6.45, 7) is 10.1. The number of carbonyl (C=O) groups is 1. The Labute approximate surface area is 250 Å². The highest BCUT2D eigenvalue weighted by Gasteiger charge is 2.26. The normalized spacial score (nSPS) is 13.8. The van der Waals surface area contributed by atoms with E-state index in [0.717, 1.165) is 39.0 Å². The van der Waals surface area contributed by atoms with Gasteiger partial charge in [0.2, 0.25) is 0 Å². The van der Waals surface area contributed by atoms with Gasteiger partial charge in [-0.25, -0.2) is 24.1 Å². The molecule has 1 aromatic carbocycles. The Hall–Kier alpha value is -4.92. The number of benzene rings is 1. The van der Waals surface area contributed by atoms with E-state index in [1.165, 1.54) is 6.07 Å². The van der Waals surface area contributed by atoms with E-state index in [4.69, 9.17) is 9.72 Å². The second kappa shape index (κ2) is 11.4. The van der Waals surface area contributed by atoms with Gasteiger partial charge in [-0.05, 0) is 81.8 Å². The van der Waals surface area contributed by atoms with Crippen molar-refractivity contribution in [3.63, 3.8) is 0 Å². The van der Waals surface area contributed by atoms with Crippen molar-refractivity contribution in [2.24, 2.45) is 0 Å². The van der Waals surface area contributed by atoms with Crippen molar-refractivity contribution in [1.82, 2.24) is 24.8 Å². The van der Waals surface area contributed by atoms with Crippen LogP contribution in [0.5, 0.6) is 0 Å². The van der Waals surface area contributed by atoms with Gasteiger partial charge in [0, 0.05) is 78.6 Å². The SMILES string of the molecule is Cc1ccc(F)c(-c2cc(-c3cncc(-c4ccc(N5CCN(C(=O)OC(C)(C)C)CC5)nc4)c3)c3cccnc3n2)c1. The van der Waals surface area contributed by atoms with Gasteiger partial charge in [0.05, 0.1) is 5.69 Å². The summed E-state index contributed by atoms with van der Waals surface area (Å²) in [6.07, 6.45) is 6.86. The van der Waals surface area contributed by atoms with Crippen LogP contribution in [0.4, 0.5) is 15.0 Å². The van der Waals surface area contributed by atoms with Gasteiger partial charge in [-0.15, -0.1) is 0 Å².